The Morgan fingerprint density at radius 1 is 1.30 bits per heavy atom. The number of hydrogen-bond acceptors (Lipinski definition) is 4. The van der Waals surface area contributed by atoms with Gasteiger partial charge in [-0.05, 0) is 17.7 Å². The van der Waals surface area contributed by atoms with E-state index in [1.807, 2.05) is 30.3 Å². The van der Waals surface area contributed by atoms with E-state index in [-0.39, 0.29) is 12.1 Å². The highest BCUT2D eigenvalue weighted by Gasteiger charge is 2.36. The number of carbonyl (C=O) groups excluding carboxylic acids is 1. The van der Waals surface area contributed by atoms with Gasteiger partial charge in [-0.2, -0.15) is 8.42 Å². The summed E-state index contributed by atoms with van der Waals surface area (Å²) in [6, 6.07) is 9.10. The van der Waals surface area contributed by atoms with Gasteiger partial charge in [0.2, 0.25) is 5.91 Å². The first kappa shape index (κ1) is 14.3. The van der Waals surface area contributed by atoms with Crippen LogP contribution in [0.1, 0.15) is 5.56 Å². The van der Waals surface area contributed by atoms with Crippen LogP contribution in [0.3, 0.4) is 0 Å². The van der Waals surface area contributed by atoms with Crippen molar-refractivity contribution in [2.24, 2.45) is 5.73 Å². The summed E-state index contributed by atoms with van der Waals surface area (Å²) in [5.74, 6) is -0.880. The topological polar surface area (TPSA) is 101 Å². The lowest BCUT2D eigenvalue weighted by Crippen LogP contribution is -2.43. The summed E-state index contributed by atoms with van der Waals surface area (Å²) in [6.07, 6.45) is 4.31. The predicted molar refractivity (Wildman–Crippen MR) is 73.7 cm³/mol. The molecule has 0 bridgehead atoms. The van der Waals surface area contributed by atoms with Crippen LogP contribution in [-0.2, 0) is 21.5 Å². The van der Waals surface area contributed by atoms with Gasteiger partial charge in [0.1, 0.15) is 0 Å². The minimum atomic E-state index is -4.48. The van der Waals surface area contributed by atoms with E-state index in [9.17, 15) is 17.8 Å². The van der Waals surface area contributed by atoms with Crippen LogP contribution in [0.2, 0.25) is 0 Å². The summed E-state index contributed by atoms with van der Waals surface area (Å²) in [5, 5.41) is -1.48. The van der Waals surface area contributed by atoms with Gasteiger partial charge in [0, 0.05) is 12.7 Å². The second-order valence-electron chi connectivity index (χ2n) is 4.35. The Balaban J connectivity index is 2.35. The van der Waals surface area contributed by atoms with Crippen molar-refractivity contribution < 1.29 is 17.8 Å². The van der Waals surface area contributed by atoms with Crippen LogP contribution in [0.15, 0.2) is 54.3 Å². The first-order chi connectivity index (χ1) is 9.39. The van der Waals surface area contributed by atoms with Gasteiger partial charge in [-0.1, -0.05) is 30.3 Å². The number of nitrogens with two attached hydrogens (primary N) is 1. The Labute approximate surface area is 116 Å². The summed E-state index contributed by atoms with van der Waals surface area (Å²) in [4.78, 5) is 12.7. The molecule has 1 aliphatic rings. The first-order valence-corrected chi connectivity index (χ1v) is 7.34. The summed E-state index contributed by atoms with van der Waals surface area (Å²) >= 11 is 0. The molecule has 0 saturated heterocycles. The molecular formula is C13H14N2O4S. The minimum absolute atomic E-state index is 0.161. The van der Waals surface area contributed by atoms with Gasteiger partial charge in [-0.3, -0.25) is 9.35 Å². The lowest BCUT2D eigenvalue weighted by atomic mass is 10.1. The molecule has 1 aromatic carbocycles. The highest BCUT2D eigenvalue weighted by molar-refractivity contribution is 7.86. The third-order valence-electron chi connectivity index (χ3n) is 2.90. The molecule has 0 aliphatic carbocycles. The molecule has 1 heterocycles. The van der Waals surface area contributed by atoms with Crippen molar-refractivity contribution in [2.45, 2.75) is 11.9 Å². The largest absolute Gasteiger partial charge is 0.366 e. The van der Waals surface area contributed by atoms with Crippen molar-refractivity contribution in [2.75, 3.05) is 0 Å². The molecule has 7 heteroatoms. The summed E-state index contributed by atoms with van der Waals surface area (Å²) < 4.78 is 32.4. The van der Waals surface area contributed by atoms with Crippen molar-refractivity contribution in [3.63, 3.8) is 0 Å². The number of primary amides is 1. The lowest BCUT2D eigenvalue weighted by molar-refractivity contribution is -0.115. The van der Waals surface area contributed by atoms with Crippen molar-refractivity contribution in [3.05, 3.63) is 59.8 Å². The van der Waals surface area contributed by atoms with Crippen LogP contribution < -0.4 is 5.73 Å². The number of amides is 1. The zero-order valence-corrected chi connectivity index (χ0v) is 11.3. The van der Waals surface area contributed by atoms with Gasteiger partial charge < -0.3 is 10.6 Å². The van der Waals surface area contributed by atoms with Crippen LogP contribution in [-0.4, -0.2) is 29.2 Å². The molecule has 1 aliphatic heterocycles. The molecule has 0 radical (unpaired) electrons. The molecule has 2 rings (SSSR count). The normalized spacial score (nSPS) is 18.8. The van der Waals surface area contributed by atoms with E-state index in [4.69, 9.17) is 5.73 Å². The van der Waals surface area contributed by atoms with Crippen LogP contribution in [0.5, 0.6) is 0 Å². The van der Waals surface area contributed by atoms with E-state index in [1.165, 1.54) is 23.3 Å². The van der Waals surface area contributed by atoms with Gasteiger partial charge in [0.25, 0.3) is 10.1 Å². The fourth-order valence-electron chi connectivity index (χ4n) is 2.06. The number of hydrogen-bond donors (Lipinski definition) is 2. The Morgan fingerprint density at radius 3 is 2.50 bits per heavy atom. The van der Waals surface area contributed by atoms with Crippen LogP contribution in [0.25, 0.3) is 0 Å². The van der Waals surface area contributed by atoms with Gasteiger partial charge in [-0.15, -0.1) is 0 Å². The molecule has 0 aromatic heterocycles. The SMILES string of the molecule is NC(=O)C1=CC=CN(Cc2ccccc2)C1S(=O)(=O)O. The van der Waals surface area contributed by atoms with E-state index in [0.717, 1.165) is 5.56 Å². The van der Waals surface area contributed by atoms with Crippen molar-refractivity contribution in [1.29, 1.82) is 0 Å². The molecule has 1 atom stereocenters. The maximum atomic E-state index is 11.5. The number of nitrogens with zero attached hydrogens (tertiary/aromatic N) is 1. The molecule has 1 unspecified atom stereocenters. The molecular weight excluding hydrogens is 280 g/mol. The van der Waals surface area contributed by atoms with Crippen molar-refractivity contribution in [3.8, 4) is 0 Å². The third kappa shape index (κ3) is 3.06. The number of benzene rings is 1. The Hall–Kier alpha value is -2.12. The fraction of sp³-hybridized carbons (Fsp3) is 0.154. The molecule has 20 heavy (non-hydrogen) atoms. The van der Waals surface area contributed by atoms with Crippen LogP contribution >= 0.6 is 0 Å². The predicted octanol–water partition coefficient (Wildman–Crippen LogP) is 0.641. The number of allylic oxidation sites excluding steroid dienone is 2. The van der Waals surface area contributed by atoms with E-state index in [1.54, 1.807) is 0 Å². The van der Waals surface area contributed by atoms with E-state index >= 15 is 0 Å². The molecule has 1 amide bonds. The van der Waals surface area contributed by atoms with Gasteiger partial charge >= 0.3 is 0 Å². The molecule has 3 N–H and O–H groups in total. The lowest BCUT2D eigenvalue weighted by Gasteiger charge is -2.31. The van der Waals surface area contributed by atoms with Crippen molar-refractivity contribution >= 4 is 16.0 Å². The minimum Gasteiger partial charge on any atom is -0.366 e. The summed E-state index contributed by atoms with van der Waals surface area (Å²) in [7, 11) is -4.48. The molecule has 0 saturated carbocycles. The maximum absolute atomic E-state index is 11.5. The number of carbonyl (C=O) groups is 1. The van der Waals surface area contributed by atoms with Gasteiger partial charge in [0.05, 0.1) is 5.57 Å². The fourth-order valence-corrected chi connectivity index (χ4v) is 3.06. The monoisotopic (exact) mass is 294 g/mol. The number of rotatable bonds is 4. The zero-order chi connectivity index (χ0) is 14.8. The Bertz CT molecular complexity index is 665. The van der Waals surface area contributed by atoms with E-state index < -0.39 is 21.4 Å². The Morgan fingerprint density at radius 2 is 1.95 bits per heavy atom. The average Bonchev–Trinajstić information content (AvgIpc) is 2.38. The van der Waals surface area contributed by atoms with Gasteiger partial charge in [0.15, 0.2) is 5.37 Å². The zero-order valence-electron chi connectivity index (χ0n) is 10.5. The second-order valence-corrected chi connectivity index (χ2v) is 5.83. The highest BCUT2D eigenvalue weighted by Crippen LogP contribution is 2.23. The molecule has 1 aromatic rings. The summed E-state index contributed by atoms with van der Waals surface area (Å²) in [5.41, 5.74) is 5.85. The maximum Gasteiger partial charge on any atom is 0.290 e. The van der Waals surface area contributed by atoms with Crippen LogP contribution in [0, 0.1) is 0 Å². The molecule has 106 valence electrons. The van der Waals surface area contributed by atoms with Gasteiger partial charge in [-0.25, -0.2) is 0 Å². The van der Waals surface area contributed by atoms with E-state index in [0.29, 0.717) is 0 Å². The summed E-state index contributed by atoms with van der Waals surface area (Å²) in [6.45, 7) is 0.229. The highest BCUT2D eigenvalue weighted by atomic mass is 32.2. The average molecular weight is 294 g/mol. The molecule has 0 spiro atoms. The quantitative estimate of drug-likeness (QED) is 0.794. The third-order valence-corrected chi connectivity index (χ3v) is 3.98. The second kappa shape index (κ2) is 5.48. The molecule has 0 fully saturated rings. The standard InChI is InChI=1S/C13H14N2O4S/c14-12(16)11-7-4-8-15(13(11)20(17,18)19)9-10-5-2-1-3-6-10/h1-8,13H,9H2,(H2,14,16)(H,17,18,19). The Kier molecular flexibility index (Phi) is 3.91. The van der Waals surface area contributed by atoms with Crippen molar-refractivity contribution in [1.82, 2.24) is 4.90 Å². The smallest absolute Gasteiger partial charge is 0.290 e. The molecule has 6 nitrogen and oxygen atoms in total. The first-order valence-electron chi connectivity index (χ1n) is 5.84. The van der Waals surface area contributed by atoms with Crippen LogP contribution in [0.4, 0.5) is 0 Å². The van der Waals surface area contributed by atoms with E-state index in [2.05, 4.69) is 0 Å².